The van der Waals surface area contributed by atoms with Gasteiger partial charge in [-0.1, -0.05) is 118 Å². The second-order valence-corrected chi connectivity index (χ2v) is 16.6. The van der Waals surface area contributed by atoms with Gasteiger partial charge in [-0.25, -0.2) is 0 Å². The first kappa shape index (κ1) is 19.2. The van der Waals surface area contributed by atoms with Gasteiger partial charge >= 0.3 is 0 Å². The number of hydrogen-bond acceptors (Lipinski definition) is 0. The summed E-state index contributed by atoms with van der Waals surface area (Å²) >= 11 is 0. The van der Waals surface area contributed by atoms with Crippen LogP contribution < -0.4 is 10.4 Å². The second kappa shape index (κ2) is 8.31. The van der Waals surface area contributed by atoms with E-state index in [1.165, 1.54) is 6.04 Å². The van der Waals surface area contributed by atoms with E-state index in [4.69, 9.17) is 0 Å². The first-order valence-corrected chi connectivity index (χ1v) is 14.2. The van der Waals surface area contributed by atoms with Crippen LogP contribution in [0.5, 0.6) is 0 Å². The van der Waals surface area contributed by atoms with Crippen molar-refractivity contribution in [2.24, 2.45) is 11.8 Å². The normalized spacial score (nSPS) is 13.7. The molecular weight excluding hydrogens is 320 g/mol. The molecule has 0 nitrogen and oxygen atoms in total. The molecular formula is C22H33Si2. The molecule has 129 valence electrons. The van der Waals surface area contributed by atoms with Gasteiger partial charge in [0.2, 0.25) is 0 Å². The highest BCUT2D eigenvalue weighted by atomic mass is 28.4. The number of rotatable bonds is 7. The Labute approximate surface area is 151 Å². The zero-order valence-corrected chi connectivity index (χ0v) is 18.2. The maximum Gasteiger partial charge on any atom is 0.122 e. The fraction of sp³-hybridized carbons (Fsp3) is 0.455. The molecule has 0 bridgehead atoms. The molecule has 0 aliphatic rings. The highest BCUT2D eigenvalue weighted by Gasteiger charge is 2.41. The van der Waals surface area contributed by atoms with Crippen LogP contribution >= 0.6 is 0 Å². The summed E-state index contributed by atoms with van der Waals surface area (Å²) in [7, 11) is -2.12. The monoisotopic (exact) mass is 353 g/mol. The largest absolute Gasteiger partial charge is 0.122 e. The summed E-state index contributed by atoms with van der Waals surface area (Å²) in [5.41, 5.74) is 0. The van der Waals surface area contributed by atoms with Crippen molar-refractivity contribution < 1.29 is 0 Å². The van der Waals surface area contributed by atoms with Crippen LogP contribution in [0.4, 0.5) is 0 Å². The van der Waals surface area contributed by atoms with Crippen LogP contribution in [0.15, 0.2) is 60.7 Å². The summed E-state index contributed by atoms with van der Waals surface area (Å²) in [5, 5.41) is 4.00. The SMILES string of the molecule is CC(C)C[Si](C)(C)C(C(C)C)[Si](c1ccccc1)c1ccccc1. The lowest BCUT2D eigenvalue weighted by atomic mass is 10.3. The van der Waals surface area contributed by atoms with Crippen LogP contribution in [0.3, 0.4) is 0 Å². The summed E-state index contributed by atoms with van der Waals surface area (Å²) in [4.78, 5) is 0. The molecule has 2 heteroatoms. The smallest absolute Gasteiger partial charge is 0.0693 e. The van der Waals surface area contributed by atoms with Crippen molar-refractivity contribution in [3.63, 3.8) is 0 Å². The first-order valence-electron chi connectivity index (χ1n) is 9.30. The van der Waals surface area contributed by atoms with Gasteiger partial charge in [0.15, 0.2) is 0 Å². The predicted molar refractivity (Wildman–Crippen MR) is 114 cm³/mol. The summed E-state index contributed by atoms with van der Waals surface area (Å²) in [5.74, 6) is 1.53. The van der Waals surface area contributed by atoms with Gasteiger partial charge in [0.1, 0.15) is 8.80 Å². The van der Waals surface area contributed by atoms with Gasteiger partial charge in [0.05, 0.1) is 0 Å². The first-order chi connectivity index (χ1) is 11.3. The summed E-state index contributed by atoms with van der Waals surface area (Å²) in [6.45, 7) is 15.0. The zero-order valence-electron chi connectivity index (χ0n) is 16.2. The van der Waals surface area contributed by atoms with Crippen LogP contribution in [0, 0.1) is 11.8 Å². The van der Waals surface area contributed by atoms with E-state index in [1.54, 1.807) is 10.4 Å². The molecule has 2 aromatic carbocycles. The molecule has 0 fully saturated rings. The van der Waals surface area contributed by atoms with Gasteiger partial charge in [-0.15, -0.1) is 0 Å². The number of hydrogen-bond donors (Lipinski definition) is 0. The molecule has 2 rings (SSSR count). The molecule has 0 saturated carbocycles. The lowest BCUT2D eigenvalue weighted by molar-refractivity contribution is 0.651. The fourth-order valence-electron chi connectivity index (χ4n) is 4.57. The molecule has 24 heavy (non-hydrogen) atoms. The summed E-state index contributed by atoms with van der Waals surface area (Å²) in [6.07, 6.45) is 0. The van der Waals surface area contributed by atoms with E-state index in [0.29, 0.717) is 0 Å². The molecule has 1 unspecified atom stereocenters. The van der Waals surface area contributed by atoms with Crippen LogP contribution in [0.1, 0.15) is 27.7 Å². The van der Waals surface area contributed by atoms with E-state index in [9.17, 15) is 0 Å². The van der Waals surface area contributed by atoms with Crippen molar-refractivity contribution in [3.05, 3.63) is 60.7 Å². The molecule has 0 saturated heterocycles. The minimum absolute atomic E-state index is 0.736. The summed E-state index contributed by atoms with van der Waals surface area (Å²) in [6, 6.07) is 24.1. The van der Waals surface area contributed by atoms with E-state index in [0.717, 1.165) is 17.0 Å². The minimum atomic E-state index is -1.34. The lowest BCUT2D eigenvalue weighted by Gasteiger charge is -2.41. The van der Waals surface area contributed by atoms with Gasteiger partial charge < -0.3 is 0 Å². The molecule has 1 atom stereocenters. The molecule has 0 aromatic heterocycles. The standard InChI is InChI=1S/C22H33Si2/c1-18(2)17-24(5,6)22(19(3)4)23(20-13-9-7-10-14-20)21-15-11-8-12-16-21/h7-16,18-19,22H,17H2,1-6H3. The van der Waals surface area contributed by atoms with Crippen LogP contribution in [0.25, 0.3) is 0 Å². The minimum Gasteiger partial charge on any atom is -0.0693 e. The third kappa shape index (κ3) is 4.70. The Hall–Kier alpha value is -1.13. The Morgan fingerprint density at radius 1 is 0.750 bits per heavy atom. The van der Waals surface area contributed by atoms with E-state index in [-0.39, 0.29) is 0 Å². The Morgan fingerprint density at radius 2 is 1.17 bits per heavy atom. The average Bonchev–Trinajstić information content (AvgIpc) is 2.52. The Bertz CT molecular complexity index is 563. The van der Waals surface area contributed by atoms with E-state index in [2.05, 4.69) is 101 Å². The Kier molecular flexibility index (Phi) is 6.65. The predicted octanol–water partition coefficient (Wildman–Crippen LogP) is 5.23. The average molecular weight is 354 g/mol. The molecule has 0 N–H and O–H groups in total. The fourth-order valence-corrected chi connectivity index (χ4v) is 16.0. The van der Waals surface area contributed by atoms with Gasteiger partial charge in [-0.2, -0.15) is 0 Å². The van der Waals surface area contributed by atoms with Crippen molar-refractivity contribution in [2.75, 3.05) is 0 Å². The van der Waals surface area contributed by atoms with Gasteiger partial charge in [0.25, 0.3) is 0 Å². The third-order valence-corrected chi connectivity index (χ3v) is 15.6. The zero-order chi connectivity index (χ0) is 17.7. The molecule has 0 heterocycles. The van der Waals surface area contributed by atoms with Gasteiger partial charge in [-0.05, 0) is 17.0 Å². The lowest BCUT2D eigenvalue weighted by Crippen LogP contribution is -2.56. The van der Waals surface area contributed by atoms with E-state index < -0.39 is 16.9 Å². The third-order valence-electron chi connectivity index (χ3n) is 4.92. The van der Waals surface area contributed by atoms with E-state index in [1.807, 2.05) is 0 Å². The van der Waals surface area contributed by atoms with Crippen molar-refractivity contribution >= 4 is 27.2 Å². The maximum absolute atomic E-state index is 2.63. The van der Waals surface area contributed by atoms with Crippen LogP contribution in [-0.2, 0) is 0 Å². The quantitative estimate of drug-likeness (QED) is 0.598. The van der Waals surface area contributed by atoms with Crippen molar-refractivity contribution in [1.82, 2.24) is 0 Å². The molecule has 1 radical (unpaired) electrons. The summed E-state index contributed by atoms with van der Waals surface area (Å²) < 4.78 is 0. The van der Waals surface area contributed by atoms with Gasteiger partial charge in [0, 0.05) is 8.07 Å². The van der Waals surface area contributed by atoms with E-state index >= 15 is 0 Å². The molecule has 2 aromatic rings. The van der Waals surface area contributed by atoms with Crippen molar-refractivity contribution in [2.45, 2.75) is 52.0 Å². The Balaban J connectivity index is 2.54. The highest BCUT2D eigenvalue weighted by molar-refractivity contribution is 7.00. The second-order valence-electron chi connectivity index (χ2n) is 8.45. The maximum atomic E-state index is 2.63. The Morgan fingerprint density at radius 3 is 1.50 bits per heavy atom. The highest BCUT2D eigenvalue weighted by Crippen LogP contribution is 2.37. The number of benzene rings is 2. The van der Waals surface area contributed by atoms with Crippen LogP contribution in [0.2, 0.25) is 24.3 Å². The molecule has 0 amide bonds. The molecule has 0 aliphatic heterocycles. The molecule has 0 aliphatic carbocycles. The van der Waals surface area contributed by atoms with Crippen molar-refractivity contribution in [1.29, 1.82) is 0 Å². The molecule has 0 spiro atoms. The topological polar surface area (TPSA) is 0 Å². The van der Waals surface area contributed by atoms with Gasteiger partial charge in [-0.3, -0.25) is 0 Å². The van der Waals surface area contributed by atoms with Crippen LogP contribution in [-0.4, -0.2) is 16.9 Å². The van der Waals surface area contributed by atoms with Crippen molar-refractivity contribution in [3.8, 4) is 0 Å².